The molecule has 4 aromatic rings. The lowest BCUT2D eigenvalue weighted by Gasteiger charge is -2.16. The van der Waals surface area contributed by atoms with Gasteiger partial charge in [-0.1, -0.05) is 48.5 Å². The second-order valence-corrected chi connectivity index (χ2v) is 6.71. The third-order valence-electron chi connectivity index (χ3n) is 4.96. The number of benzene rings is 2. The third kappa shape index (κ3) is 2.09. The van der Waals surface area contributed by atoms with Gasteiger partial charge >= 0.3 is 0 Å². The highest BCUT2D eigenvalue weighted by molar-refractivity contribution is 6.07. The molecular weight excluding hydrogens is 310 g/mol. The monoisotopic (exact) mass is 329 g/mol. The van der Waals surface area contributed by atoms with Crippen molar-refractivity contribution in [2.24, 2.45) is 0 Å². The van der Waals surface area contributed by atoms with Crippen LogP contribution < -0.4 is 10.6 Å². The molecule has 5 rings (SSSR count). The zero-order valence-corrected chi connectivity index (χ0v) is 14.1. The molecule has 0 saturated carbocycles. The summed E-state index contributed by atoms with van der Waals surface area (Å²) in [6, 6.07) is 19.0. The van der Waals surface area contributed by atoms with Gasteiger partial charge in [0, 0.05) is 18.5 Å². The summed E-state index contributed by atoms with van der Waals surface area (Å²) in [5, 5.41) is 1.11. The number of pyridine rings is 1. The van der Waals surface area contributed by atoms with Gasteiger partial charge in [-0.05, 0) is 18.6 Å². The lowest BCUT2D eigenvalue weighted by atomic mass is 10.1. The van der Waals surface area contributed by atoms with Crippen LogP contribution in [0, 0.1) is 0 Å². The number of nitrogen functional groups attached to an aromatic ring is 1. The number of aromatic nitrogens is 3. The summed E-state index contributed by atoms with van der Waals surface area (Å²) in [5.74, 6) is 1.48. The molecule has 2 aromatic heterocycles. The molecule has 0 saturated heterocycles. The molecule has 0 amide bonds. The zero-order chi connectivity index (χ0) is 17.0. The van der Waals surface area contributed by atoms with Crippen molar-refractivity contribution in [3.05, 3.63) is 60.2 Å². The predicted octanol–water partition coefficient (Wildman–Crippen LogP) is 3.75. The Bertz CT molecular complexity index is 1080. The van der Waals surface area contributed by atoms with Crippen LogP contribution in [0.1, 0.15) is 18.5 Å². The van der Waals surface area contributed by atoms with E-state index >= 15 is 0 Å². The number of hydrogen-bond donors (Lipinski definition) is 1. The number of fused-ring (bicyclic) bond motifs is 5. The van der Waals surface area contributed by atoms with Crippen molar-refractivity contribution in [3.63, 3.8) is 0 Å². The molecule has 1 aliphatic heterocycles. The number of nitrogens with two attached hydrogens (primary N) is 1. The summed E-state index contributed by atoms with van der Waals surface area (Å²) in [7, 11) is 0. The fourth-order valence-electron chi connectivity index (χ4n) is 3.87. The van der Waals surface area contributed by atoms with E-state index in [9.17, 15) is 0 Å². The molecule has 1 atom stereocenters. The lowest BCUT2D eigenvalue weighted by molar-refractivity contribution is 0.627. The SMILES string of the molecule is CC1CN(Cc2ccccc2)c2nc3c(N)nc4ccccc4c3n21. The highest BCUT2D eigenvalue weighted by Gasteiger charge is 2.30. The molecule has 124 valence electrons. The molecule has 25 heavy (non-hydrogen) atoms. The van der Waals surface area contributed by atoms with Crippen molar-refractivity contribution in [1.82, 2.24) is 14.5 Å². The average molecular weight is 329 g/mol. The molecule has 3 heterocycles. The first-order valence-corrected chi connectivity index (χ1v) is 8.57. The number of hydrogen-bond acceptors (Lipinski definition) is 4. The summed E-state index contributed by atoms with van der Waals surface area (Å²) < 4.78 is 2.32. The van der Waals surface area contributed by atoms with Gasteiger partial charge in [0.15, 0.2) is 5.82 Å². The smallest absolute Gasteiger partial charge is 0.207 e. The van der Waals surface area contributed by atoms with Crippen molar-refractivity contribution in [1.29, 1.82) is 0 Å². The van der Waals surface area contributed by atoms with E-state index in [1.165, 1.54) is 5.56 Å². The van der Waals surface area contributed by atoms with E-state index in [0.29, 0.717) is 11.9 Å². The standard InChI is InChI=1S/C20H19N5/c1-13-11-24(12-14-7-3-2-4-8-14)20-23-17-18(25(13)20)15-9-5-6-10-16(15)22-19(17)21/h2-10,13H,11-12H2,1H3,(H2,21,22). The van der Waals surface area contributed by atoms with Crippen LogP contribution in [0.25, 0.3) is 21.9 Å². The van der Waals surface area contributed by atoms with Crippen LogP contribution in [0.2, 0.25) is 0 Å². The molecule has 2 N–H and O–H groups in total. The first-order chi connectivity index (χ1) is 12.2. The first-order valence-electron chi connectivity index (χ1n) is 8.57. The highest BCUT2D eigenvalue weighted by Crippen LogP contribution is 2.38. The van der Waals surface area contributed by atoms with E-state index in [-0.39, 0.29) is 0 Å². The van der Waals surface area contributed by atoms with Gasteiger partial charge in [0.2, 0.25) is 5.95 Å². The van der Waals surface area contributed by atoms with Crippen LogP contribution in [-0.2, 0) is 6.54 Å². The van der Waals surface area contributed by atoms with Crippen LogP contribution in [0.4, 0.5) is 11.8 Å². The maximum absolute atomic E-state index is 6.22. The van der Waals surface area contributed by atoms with E-state index in [1.54, 1.807) is 0 Å². The number of para-hydroxylation sites is 1. The fraction of sp³-hybridized carbons (Fsp3) is 0.200. The van der Waals surface area contributed by atoms with Crippen LogP contribution in [0.15, 0.2) is 54.6 Å². The van der Waals surface area contributed by atoms with E-state index in [4.69, 9.17) is 10.7 Å². The number of anilines is 2. The molecule has 0 spiro atoms. The molecule has 5 heteroatoms. The second kappa shape index (κ2) is 5.21. The second-order valence-electron chi connectivity index (χ2n) is 6.71. The predicted molar refractivity (Wildman–Crippen MR) is 102 cm³/mol. The third-order valence-corrected chi connectivity index (χ3v) is 4.96. The summed E-state index contributed by atoms with van der Waals surface area (Å²) in [5.41, 5.74) is 10.3. The van der Waals surface area contributed by atoms with Crippen molar-refractivity contribution >= 4 is 33.7 Å². The number of imidazole rings is 1. The molecule has 1 aliphatic rings. The summed E-state index contributed by atoms with van der Waals surface area (Å²) >= 11 is 0. The number of rotatable bonds is 2. The van der Waals surface area contributed by atoms with Crippen LogP contribution in [0.3, 0.4) is 0 Å². The van der Waals surface area contributed by atoms with Gasteiger partial charge in [-0.2, -0.15) is 0 Å². The van der Waals surface area contributed by atoms with Gasteiger partial charge in [-0.3, -0.25) is 0 Å². The fourth-order valence-corrected chi connectivity index (χ4v) is 3.87. The largest absolute Gasteiger partial charge is 0.382 e. The summed E-state index contributed by atoms with van der Waals surface area (Å²) in [6.45, 7) is 4.03. The summed E-state index contributed by atoms with van der Waals surface area (Å²) in [4.78, 5) is 11.7. The molecule has 5 nitrogen and oxygen atoms in total. The Morgan fingerprint density at radius 3 is 2.64 bits per heavy atom. The van der Waals surface area contributed by atoms with Gasteiger partial charge in [0.1, 0.15) is 5.52 Å². The van der Waals surface area contributed by atoms with Gasteiger partial charge in [-0.25, -0.2) is 9.97 Å². The lowest BCUT2D eigenvalue weighted by Crippen LogP contribution is -2.21. The maximum Gasteiger partial charge on any atom is 0.207 e. The Labute approximate surface area is 145 Å². The van der Waals surface area contributed by atoms with Crippen LogP contribution >= 0.6 is 0 Å². The Kier molecular flexibility index (Phi) is 2.98. The molecule has 0 radical (unpaired) electrons. The van der Waals surface area contributed by atoms with Gasteiger partial charge in [0.25, 0.3) is 0 Å². The first kappa shape index (κ1) is 14.3. The van der Waals surface area contributed by atoms with Gasteiger partial charge in [0.05, 0.1) is 17.1 Å². The van der Waals surface area contributed by atoms with Gasteiger partial charge in [-0.15, -0.1) is 0 Å². The molecule has 1 unspecified atom stereocenters. The minimum atomic E-state index is 0.342. The Morgan fingerprint density at radius 1 is 1.04 bits per heavy atom. The average Bonchev–Trinajstić information content (AvgIpc) is 3.16. The van der Waals surface area contributed by atoms with Crippen LogP contribution in [0.5, 0.6) is 0 Å². The van der Waals surface area contributed by atoms with E-state index < -0.39 is 0 Å². The Morgan fingerprint density at radius 2 is 1.80 bits per heavy atom. The maximum atomic E-state index is 6.22. The molecule has 0 aliphatic carbocycles. The topological polar surface area (TPSA) is 60.0 Å². The van der Waals surface area contributed by atoms with E-state index in [0.717, 1.165) is 41.0 Å². The summed E-state index contributed by atoms with van der Waals surface area (Å²) in [6.07, 6.45) is 0. The molecule has 0 bridgehead atoms. The minimum Gasteiger partial charge on any atom is -0.382 e. The van der Waals surface area contributed by atoms with Crippen molar-refractivity contribution in [3.8, 4) is 0 Å². The normalized spacial score (nSPS) is 16.7. The molecular formula is C20H19N5. The quantitative estimate of drug-likeness (QED) is 0.608. The van der Waals surface area contributed by atoms with Crippen molar-refractivity contribution < 1.29 is 0 Å². The van der Waals surface area contributed by atoms with E-state index in [2.05, 4.69) is 51.7 Å². The minimum absolute atomic E-state index is 0.342. The van der Waals surface area contributed by atoms with E-state index in [1.807, 2.05) is 24.3 Å². The van der Waals surface area contributed by atoms with Gasteiger partial charge < -0.3 is 15.2 Å². The Balaban J connectivity index is 1.72. The Hall–Kier alpha value is -3.08. The van der Waals surface area contributed by atoms with Crippen molar-refractivity contribution in [2.75, 3.05) is 17.2 Å². The molecule has 0 fully saturated rings. The van der Waals surface area contributed by atoms with Crippen LogP contribution in [-0.4, -0.2) is 21.1 Å². The zero-order valence-electron chi connectivity index (χ0n) is 14.1. The highest BCUT2D eigenvalue weighted by atomic mass is 15.4. The van der Waals surface area contributed by atoms with Crippen molar-refractivity contribution in [2.45, 2.75) is 19.5 Å². The molecule has 2 aromatic carbocycles. The number of nitrogens with zero attached hydrogens (tertiary/aromatic N) is 4.